The van der Waals surface area contributed by atoms with Gasteiger partial charge in [-0.25, -0.2) is 4.98 Å². The molecule has 1 aromatic rings. The van der Waals surface area contributed by atoms with E-state index in [1.54, 1.807) is 4.90 Å². The number of anilines is 1. The maximum Gasteiger partial charge on any atom is 0.433 e. The van der Waals surface area contributed by atoms with Crippen LogP contribution in [0.15, 0.2) is 12.1 Å². The third-order valence-electron chi connectivity index (χ3n) is 3.44. The van der Waals surface area contributed by atoms with Crippen molar-refractivity contribution in [2.75, 3.05) is 24.5 Å². The van der Waals surface area contributed by atoms with Gasteiger partial charge in [-0.2, -0.15) is 18.4 Å². The van der Waals surface area contributed by atoms with E-state index in [-0.39, 0.29) is 17.3 Å². The first kappa shape index (κ1) is 14.6. The van der Waals surface area contributed by atoms with Gasteiger partial charge in [-0.15, -0.1) is 0 Å². The number of piperidine rings is 1. The van der Waals surface area contributed by atoms with Crippen LogP contribution in [0.25, 0.3) is 0 Å². The molecule has 1 aliphatic rings. The molecule has 2 rings (SSSR count). The fraction of sp³-hybridized carbons (Fsp3) is 0.538. The summed E-state index contributed by atoms with van der Waals surface area (Å²) in [6, 6.07) is 3.92. The fourth-order valence-electron chi connectivity index (χ4n) is 2.38. The molecule has 1 unspecified atom stereocenters. The van der Waals surface area contributed by atoms with E-state index in [2.05, 4.69) is 4.98 Å². The summed E-state index contributed by atoms with van der Waals surface area (Å²) in [5.41, 5.74) is 4.81. The Morgan fingerprint density at radius 1 is 1.45 bits per heavy atom. The first-order valence-corrected chi connectivity index (χ1v) is 6.39. The van der Waals surface area contributed by atoms with E-state index in [1.165, 1.54) is 6.07 Å². The Morgan fingerprint density at radius 3 is 2.80 bits per heavy atom. The number of aromatic nitrogens is 1. The highest BCUT2D eigenvalue weighted by molar-refractivity contribution is 5.55. The highest BCUT2D eigenvalue weighted by Gasteiger charge is 2.34. The van der Waals surface area contributed by atoms with E-state index in [1.807, 2.05) is 6.07 Å². The molecule has 1 aliphatic heterocycles. The summed E-state index contributed by atoms with van der Waals surface area (Å²) in [6.07, 6.45) is -2.72. The predicted octanol–water partition coefficient (Wildman–Crippen LogP) is 2.15. The van der Waals surface area contributed by atoms with Gasteiger partial charge < -0.3 is 10.6 Å². The standard InChI is InChI=1S/C13H15F3N4/c14-13(15,16)11-4-3-10(7-18)12(19-11)20-5-1-2-9(6-17)8-20/h3-4,9H,1-2,5-6,8,17H2. The van der Waals surface area contributed by atoms with Gasteiger partial charge in [0.05, 0.1) is 5.56 Å². The smallest absolute Gasteiger partial charge is 0.355 e. The fourth-order valence-corrected chi connectivity index (χ4v) is 2.38. The molecule has 0 bridgehead atoms. The Balaban J connectivity index is 2.36. The van der Waals surface area contributed by atoms with Gasteiger partial charge in [-0.1, -0.05) is 0 Å². The number of hydrogen-bond donors (Lipinski definition) is 1. The van der Waals surface area contributed by atoms with Gasteiger partial charge in [0.25, 0.3) is 0 Å². The molecule has 108 valence electrons. The Kier molecular flexibility index (Phi) is 4.14. The lowest BCUT2D eigenvalue weighted by atomic mass is 9.98. The number of pyridine rings is 1. The highest BCUT2D eigenvalue weighted by Crippen LogP contribution is 2.31. The monoisotopic (exact) mass is 284 g/mol. The van der Waals surface area contributed by atoms with Crippen LogP contribution in [0.4, 0.5) is 19.0 Å². The molecule has 2 N–H and O–H groups in total. The van der Waals surface area contributed by atoms with Gasteiger partial charge in [-0.3, -0.25) is 0 Å². The average molecular weight is 284 g/mol. The summed E-state index contributed by atoms with van der Waals surface area (Å²) in [4.78, 5) is 5.38. The second-order valence-electron chi connectivity index (χ2n) is 4.87. The van der Waals surface area contributed by atoms with Gasteiger partial charge in [-0.05, 0) is 37.4 Å². The van der Waals surface area contributed by atoms with Crippen LogP contribution < -0.4 is 10.6 Å². The van der Waals surface area contributed by atoms with Crippen molar-refractivity contribution in [1.82, 2.24) is 4.98 Å². The second-order valence-corrected chi connectivity index (χ2v) is 4.87. The number of alkyl halides is 3. The molecule has 0 amide bonds. The van der Waals surface area contributed by atoms with Gasteiger partial charge in [0.15, 0.2) is 0 Å². The molecule has 4 nitrogen and oxygen atoms in total. The van der Waals surface area contributed by atoms with E-state index < -0.39 is 11.9 Å². The lowest BCUT2D eigenvalue weighted by Gasteiger charge is -2.33. The van der Waals surface area contributed by atoms with Crippen LogP contribution in [0.5, 0.6) is 0 Å². The van der Waals surface area contributed by atoms with Crippen LogP contribution in [-0.2, 0) is 6.18 Å². The first-order valence-electron chi connectivity index (χ1n) is 6.39. The van der Waals surface area contributed by atoms with Crippen molar-refractivity contribution in [3.63, 3.8) is 0 Å². The van der Waals surface area contributed by atoms with Gasteiger partial charge in [0.2, 0.25) is 0 Å². The minimum Gasteiger partial charge on any atom is -0.355 e. The van der Waals surface area contributed by atoms with Crippen molar-refractivity contribution >= 4 is 5.82 Å². The molecule has 2 heterocycles. The van der Waals surface area contributed by atoms with Gasteiger partial charge in [0.1, 0.15) is 17.6 Å². The molecule has 0 aliphatic carbocycles. The number of hydrogen-bond acceptors (Lipinski definition) is 4. The van der Waals surface area contributed by atoms with Crippen LogP contribution in [0.2, 0.25) is 0 Å². The van der Waals surface area contributed by atoms with Gasteiger partial charge in [0, 0.05) is 13.1 Å². The van der Waals surface area contributed by atoms with Crippen molar-refractivity contribution in [2.24, 2.45) is 11.7 Å². The quantitative estimate of drug-likeness (QED) is 0.903. The molecule has 7 heteroatoms. The van der Waals surface area contributed by atoms with Crippen molar-refractivity contribution < 1.29 is 13.2 Å². The number of halogens is 3. The number of nitrogens with zero attached hydrogens (tertiary/aromatic N) is 3. The summed E-state index contributed by atoms with van der Waals surface area (Å²) in [6.45, 7) is 1.62. The molecule has 20 heavy (non-hydrogen) atoms. The average Bonchev–Trinajstić information content (AvgIpc) is 2.45. The predicted molar refractivity (Wildman–Crippen MR) is 67.9 cm³/mol. The Labute approximate surface area is 115 Å². The van der Waals surface area contributed by atoms with E-state index in [0.29, 0.717) is 19.6 Å². The van der Waals surface area contributed by atoms with Crippen LogP contribution in [-0.4, -0.2) is 24.6 Å². The Morgan fingerprint density at radius 2 is 2.20 bits per heavy atom. The molecule has 1 aromatic heterocycles. The SMILES string of the molecule is N#Cc1ccc(C(F)(F)F)nc1N1CCCC(CN)C1. The van der Waals surface area contributed by atoms with E-state index in [9.17, 15) is 13.2 Å². The minimum absolute atomic E-state index is 0.112. The zero-order chi connectivity index (χ0) is 14.8. The topological polar surface area (TPSA) is 65.9 Å². The first-order chi connectivity index (χ1) is 9.45. The normalized spacial score (nSPS) is 19.8. The van der Waals surface area contributed by atoms with Crippen molar-refractivity contribution in [3.05, 3.63) is 23.4 Å². The van der Waals surface area contributed by atoms with Crippen molar-refractivity contribution in [2.45, 2.75) is 19.0 Å². The molecule has 0 aromatic carbocycles. The van der Waals surface area contributed by atoms with E-state index in [0.717, 1.165) is 18.9 Å². The molecule has 0 radical (unpaired) electrons. The van der Waals surface area contributed by atoms with Crippen LogP contribution in [0.3, 0.4) is 0 Å². The number of nitrogens with two attached hydrogens (primary N) is 1. The molecule has 0 saturated carbocycles. The van der Waals surface area contributed by atoms with E-state index >= 15 is 0 Å². The molecule has 1 atom stereocenters. The van der Waals surface area contributed by atoms with Crippen LogP contribution >= 0.6 is 0 Å². The zero-order valence-corrected chi connectivity index (χ0v) is 10.8. The third-order valence-corrected chi connectivity index (χ3v) is 3.44. The largest absolute Gasteiger partial charge is 0.433 e. The summed E-state index contributed by atoms with van der Waals surface area (Å²) in [5, 5.41) is 9.04. The molecular formula is C13H15F3N4. The van der Waals surface area contributed by atoms with Crippen molar-refractivity contribution in [3.8, 4) is 6.07 Å². The van der Waals surface area contributed by atoms with Crippen LogP contribution in [0.1, 0.15) is 24.1 Å². The summed E-state index contributed by atoms with van der Waals surface area (Å²) < 4.78 is 38.2. The summed E-state index contributed by atoms with van der Waals surface area (Å²) >= 11 is 0. The minimum atomic E-state index is -4.51. The molecule has 0 spiro atoms. The molecule has 1 fully saturated rings. The maximum atomic E-state index is 12.7. The lowest BCUT2D eigenvalue weighted by Crippen LogP contribution is -2.39. The Bertz CT molecular complexity index is 521. The highest BCUT2D eigenvalue weighted by atomic mass is 19.4. The third kappa shape index (κ3) is 3.02. The number of nitriles is 1. The summed E-state index contributed by atoms with van der Waals surface area (Å²) in [5.74, 6) is 0.340. The lowest BCUT2D eigenvalue weighted by molar-refractivity contribution is -0.141. The van der Waals surface area contributed by atoms with Gasteiger partial charge >= 0.3 is 6.18 Å². The van der Waals surface area contributed by atoms with E-state index in [4.69, 9.17) is 11.0 Å². The molecular weight excluding hydrogens is 269 g/mol. The molecule has 1 saturated heterocycles. The maximum absolute atomic E-state index is 12.7. The zero-order valence-electron chi connectivity index (χ0n) is 10.8. The van der Waals surface area contributed by atoms with Crippen LogP contribution in [0, 0.1) is 17.2 Å². The number of rotatable bonds is 2. The summed E-state index contributed by atoms with van der Waals surface area (Å²) in [7, 11) is 0. The van der Waals surface area contributed by atoms with Crippen molar-refractivity contribution in [1.29, 1.82) is 5.26 Å². The second kappa shape index (κ2) is 5.67. The Hall–Kier alpha value is -1.81.